The Hall–Kier alpha value is -2.25. The van der Waals surface area contributed by atoms with Gasteiger partial charge in [0.15, 0.2) is 0 Å². The highest BCUT2D eigenvalue weighted by Gasteiger charge is 2.31. The molecule has 0 bridgehead atoms. The zero-order valence-electron chi connectivity index (χ0n) is 12.7. The van der Waals surface area contributed by atoms with Crippen LogP contribution in [0.5, 0.6) is 0 Å². The van der Waals surface area contributed by atoms with Crippen LogP contribution in [0.3, 0.4) is 0 Å². The first-order valence-corrected chi connectivity index (χ1v) is 7.22. The van der Waals surface area contributed by atoms with Gasteiger partial charge in [-0.3, -0.25) is 9.59 Å². The van der Waals surface area contributed by atoms with Crippen molar-refractivity contribution in [2.75, 3.05) is 37.6 Å². The number of nitrogens with zero attached hydrogens (tertiary/aromatic N) is 2. The lowest BCUT2D eigenvalue weighted by Gasteiger charge is -2.36. The molecule has 8 heteroatoms. The molecule has 0 unspecified atom stereocenters. The van der Waals surface area contributed by atoms with Gasteiger partial charge in [-0.2, -0.15) is 13.2 Å². The van der Waals surface area contributed by atoms with Crippen LogP contribution in [0.15, 0.2) is 24.3 Å². The lowest BCUT2D eigenvalue weighted by atomic mass is 10.1. The summed E-state index contributed by atoms with van der Waals surface area (Å²) in [5.74, 6) is -0.468. The molecule has 0 aliphatic carbocycles. The van der Waals surface area contributed by atoms with Crippen molar-refractivity contribution >= 4 is 17.5 Å². The van der Waals surface area contributed by atoms with Crippen LogP contribution in [0.1, 0.15) is 12.5 Å². The molecule has 0 atom stereocenters. The number of anilines is 1. The van der Waals surface area contributed by atoms with Crippen molar-refractivity contribution in [1.29, 1.82) is 0 Å². The van der Waals surface area contributed by atoms with E-state index in [2.05, 4.69) is 5.32 Å². The monoisotopic (exact) mass is 329 g/mol. The molecule has 2 rings (SSSR count). The van der Waals surface area contributed by atoms with Crippen LogP contribution in [0.25, 0.3) is 0 Å². The summed E-state index contributed by atoms with van der Waals surface area (Å²) in [5.41, 5.74) is -0.187. The summed E-state index contributed by atoms with van der Waals surface area (Å²) in [6.45, 7) is 3.00. The zero-order valence-corrected chi connectivity index (χ0v) is 12.7. The van der Waals surface area contributed by atoms with Crippen molar-refractivity contribution < 1.29 is 22.8 Å². The van der Waals surface area contributed by atoms with E-state index in [-0.39, 0.29) is 18.4 Å². The van der Waals surface area contributed by atoms with Gasteiger partial charge in [0, 0.05) is 38.8 Å². The molecule has 1 fully saturated rings. The Kier molecular flexibility index (Phi) is 5.12. The number of rotatable bonds is 3. The summed E-state index contributed by atoms with van der Waals surface area (Å²) in [4.78, 5) is 26.1. The van der Waals surface area contributed by atoms with E-state index in [1.165, 1.54) is 13.0 Å². The molecule has 1 heterocycles. The van der Waals surface area contributed by atoms with Crippen LogP contribution in [-0.4, -0.2) is 49.4 Å². The maximum Gasteiger partial charge on any atom is 0.416 e. The Bertz CT molecular complexity index is 582. The Morgan fingerprint density at radius 2 is 1.83 bits per heavy atom. The summed E-state index contributed by atoms with van der Waals surface area (Å²) in [6, 6.07) is 5.17. The van der Waals surface area contributed by atoms with Crippen molar-refractivity contribution in [3.63, 3.8) is 0 Å². The first-order chi connectivity index (χ1) is 10.8. The number of benzene rings is 1. The first-order valence-electron chi connectivity index (χ1n) is 7.22. The molecule has 2 amide bonds. The standard InChI is InChI=1S/C15H18F3N3O2/c1-11(22)19-10-14(23)21-7-5-20(6-8-21)13-4-2-3-12(9-13)15(16,17)18/h2-4,9H,5-8,10H2,1H3,(H,19,22). The Labute approximate surface area is 132 Å². The second kappa shape index (κ2) is 6.89. The Balaban J connectivity index is 1.94. The third-order valence-corrected chi connectivity index (χ3v) is 3.66. The summed E-state index contributed by atoms with van der Waals surface area (Å²) < 4.78 is 38.2. The van der Waals surface area contributed by atoms with Crippen molar-refractivity contribution in [2.45, 2.75) is 13.1 Å². The highest BCUT2D eigenvalue weighted by molar-refractivity contribution is 5.83. The molecule has 5 nitrogen and oxygen atoms in total. The van der Waals surface area contributed by atoms with Crippen LogP contribution in [0.4, 0.5) is 18.9 Å². The number of alkyl halides is 3. The molecule has 1 aliphatic rings. The minimum absolute atomic E-state index is 0.0567. The smallest absolute Gasteiger partial charge is 0.368 e. The molecule has 1 aromatic carbocycles. The molecule has 1 saturated heterocycles. The minimum Gasteiger partial charge on any atom is -0.368 e. The molecule has 126 valence electrons. The maximum atomic E-state index is 12.7. The molecule has 1 aliphatic heterocycles. The third kappa shape index (κ3) is 4.61. The van der Waals surface area contributed by atoms with E-state index in [1.54, 1.807) is 11.0 Å². The summed E-state index contributed by atoms with van der Waals surface area (Å²) >= 11 is 0. The molecule has 0 aromatic heterocycles. The third-order valence-electron chi connectivity index (χ3n) is 3.66. The van der Waals surface area contributed by atoms with E-state index in [9.17, 15) is 22.8 Å². The number of hydrogen-bond donors (Lipinski definition) is 1. The highest BCUT2D eigenvalue weighted by Crippen LogP contribution is 2.31. The van der Waals surface area contributed by atoms with Gasteiger partial charge in [-0.1, -0.05) is 6.07 Å². The predicted octanol–water partition coefficient (Wildman–Crippen LogP) is 1.49. The number of piperazine rings is 1. The number of amides is 2. The Morgan fingerprint density at radius 3 is 2.39 bits per heavy atom. The van der Waals surface area contributed by atoms with Crippen molar-refractivity contribution in [3.8, 4) is 0 Å². The fourth-order valence-electron chi connectivity index (χ4n) is 2.40. The van der Waals surface area contributed by atoms with Crippen LogP contribution < -0.4 is 10.2 Å². The largest absolute Gasteiger partial charge is 0.416 e. The van der Waals surface area contributed by atoms with Gasteiger partial charge in [0.25, 0.3) is 0 Å². The molecule has 23 heavy (non-hydrogen) atoms. The molecule has 1 N–H and O–H groups in total. The average Bonchev–Trinajstić information content (AvgIpc) is 2.52. The van der Waals surface area contributed by atoms with Crippen molar-refractivity contribution in [1.82, 2.24) is 10.2 Å². The molecule has 0 spiro atoms. The average molecular weight is 329 g/mol. The molecule has 1 aromatic rings. The van der Waals surface area contributed by atoms with Crippen molar-refractivity contribution in [2.24, 2.45) is 0 Å². The normalized spacial score (nSPS) is 15.5. The lowest BCUT2D eigenvalue weighted by Crippen LogP contribution is -2.51. The van der Waals surface area contributed by atoms with E-state index >= 15 is 0 Å². The second-order valence-electron chi connectivity index (χ2n) is 5.33. The van der Waals surface area contributed by atoms with Crippen LogP contribution in [0, 0.1) is 0 Å². The molecular weight excluding hydrogens is 311 g/mol. The van der Waals surface area contributed by atoms with E-state index in [4.69, 9.17) is 0 Å². The van der Waals surface area contributed by atoms with E-state index in [1.807, 2.05) is 4.90 Å². The van der Waals surface area contributed by atoms with E-state index in [0.717, 1.165) is 12.1 Å². The van der Waals surface area contributed by atoms with Gasteiger partial charge in [-0.05, 0) is 18.2 Å². The number of carbonyl (C=O) groups is 2. The fraction of sp³-hybridized carbons (Fsp3) is 0.467. The topological polar surface area (TPSA) is 52.7 Å². The van der Waals surface area contributed by atoms with Gasteiger partial charge in [0.1, 0.15) is 0 Å². The fourth-order valence-corrected chi connectivity index (χ4v) is 2.40. The van der Waals surface area contributed by atoms with Crippen LogP contribution in [0.2, 0.25) is 0 Å². The predicted molar refractivity (Wildman–Crippen MR) is 78.9 cm³/mol. The molecule has 0 radical (unpaired) electrons. The highest BCUT2D eigenvalue weighted by atomic mass is 19.4. The summed E-state index contributed by atoms with van der Waals surface area (Å²) in [7, 11) is 0. The van der Waals surface area contributed by atoms with Gasteiger partial charge >= 0.3 is 6.18 Å². The lowest BCUT2D eigenvalue weighted by molar-refractivity contribution is -0.137. The number of halogens is 3. The number of hydrogen-bond acceptors (Lipinski definition) is 3. The number of nitrogens with one attached hydrogen (secondary N) is 1. The van der Waals surface area contributed by atoms with Gasteiger partial charge in [-0.25, -0.2) is 0 Å². The van der Waals surface area contributed by atoms with Crippen LogP contribution in [-0.2, 0) is 15.8 Å². The maximum absolute atomic E-state index is 12.7. The Morgan fingerprint density at radius 1 is 1.17 bits per heavy atom. The van der Waals surface area contributed by atoms with Gasteiger partial charge in [0.05, 0.1) is 12.1 Å². The quantitative estimate of drug-likeness (QED) is 0.914. The van der Waals surface area contributed by atoms with E-state index in [0.29, 0.717) is 31.9 Å². The molecule has 0 saturated carbocycles. The first kappa shape index (κ1) is 17.1. The van der Waals surface area contributed by atoms with E-state index < -0.39 is 11.7 Å². The molecular formula is C15H18F3N3O2. The second-order valence-corrected chi connectivity index (χ2v) is 5.33. The summed E-state index contributed by atoms with van der Waals surface area (Å²) in [6.07, 6.45) is -4.37. The SMILES string of the molecule is CC(=O)NCC(=O)N1CCN(c2cccc(C(F)(F)F)c2)CC1. The van der Waals surface area contributed by atoms with Gasteiger partial charge < -0.3 is 15.1 Å². The van der Waals surface area contributed by atoms with Gasteiger partial charge in [0.2, 0.25) is 11.8 Å². The van der Waals surface area contributed by atoms with Crippen LogP contribution >= 0.6 is 0 Å². The zero-order chi connectivity index (χ0) is 17.0. The minimum atomic E-state index is -4.37. The van der Waals surface area contributed by atoms with Crippen molar-refractivity contribution in [3.05, 3.63) is 29.8 Å². The van der Waals surface area contributed by atoms with Gasteiger partial charge in [-0.15, -0.1) is 0 Å². The number of carbonyl (C=O) groups excluding carboxylic acids is 2. The summed E-state index contributed by atoms with van der Waals surface area (Å²) in [5, 5.41) is 2.44.